The Hall–Kier alpha value is 0.0969. The standard InChI is InChI=1S/C5H13O3Si/c1-6-4-5(9,7-2)8-3/h4H,1-3,9H3. The number of rotatable bonds is 4. The second-order valence-electron chi connectivity index (χ2n) is 1.78. The highest BCUT2D eigenvalue weighted by atomic mass is 28.1. The first-order chi connectivity index (χ1) is 4.18. The average Bonchev–Trinajstić information content (AvgIpc) is 1.89. The van der Waals surface area contributed by atoms with Crippen molar-refractivity contribution >= 4 is 10.2 Å². The van der Waals surface area contributed by atoms with Crippen LogP contribution in [-0.4, -0.2) is 37.0 Å². The Morgan fingerprint density at radius 1 is 1.22 bits per heavy atom. The first kappa shape index (κ1) is 9.10. The van der Waals surface area contributed by atoms with Crippen LogP contribution in [0.5, 0.6) is 0 Å². The van der Waals surface area contributed by atoms with Crippen molar-refractivity contribution < 1.29 is 14.2 Å². The Kier molecular flexibility index (Phi) is 4.04. The molecule has 0 heterocycles. The van der Waals surface area contributed by atoms with Gasteiger partial charge in [-0.15, -0.1) is 0 Å². The van der Waals surface area contributed by atoms with Crippen molar-refractivity contribution in [1.29, 1.82) is 0 Å². The lowest BCUT2D eigenvalue weighted by Gasteiger charge is -2.24. The van der Waals surface area contributed by atoms with Crippen molar-refractivity contribution in [2.45, 2.75) is 5.41 Å². The molecule has 0 aromatic rings. The Labute approximate surface area is 58.7 Å². The average molecular weight is 149 g/mol. The quantitative estimate of drug-likeness (QED) is 0.383. The van der Waals surface area contributed by atoms with Crippen LogP contribution in [0.25, 0.3) is 0 Å². The van der Waals surface area contributed by atoms with Gasteiger partial charge < -0.3 is 14.2 Å². The summed E-state index contributed by atoms with van der Waals surface area (Å²) in [6, 6.07) is 0. The van der Waals surface area contributed by atoms with Crippen LogP contribution in [0.1, 0.15) is 0 Å². The molecule has 0 N–H and O–H groups in total. The summed E-state index contributed by atoms with van der Waals surface area (Å²) >= 11 is 0. The smallest absolute Gasteiger partial charge is 0.168 e. The highest BCUT2D eigenvalue weighted by Crippen LogP contribution is 2.08. The number of hydrogen-bond donors (Lipinski definition) is 0. The molecule has 0 amide bonds. The summed E-state index contributed by atoms with van der Waals surface area (Å²) in [7, 11) is 5.51. The van der Waals surface area contributed by atoms with Crippen molar-refractivity contribution in [2.75, 3.05) is 21.3 Å². The zero-order valence-corrected chi connectivity index (χ0v) is 8.30. The van der Waals surface area contributed by atoms with E-state index in [9.17, 15) is 0 Å². The molecule has 0 aliphatic carbocycles. The summed E-state index contributed by atoms with van der Waals surface area (Å²) < 4.78 is 14.7. The van der Waals surface area contributed by atoms with Gasteiger partial charge >= 0.3 is 0 Å². The summed E-state index contributed by atoms with van der Waals surface area (Å²) in [5.41, 5.74) is -0.575. The van der Waals surface area contributed by atoms with E-state index in [1.807, 2.05) is 0 Å². The lowest BCUT2D eigenvalue weighted by atomic mass is 10.6. The lowest BCUT2D eigenvalue weighted by Crippen LogP contribution is -2.35. The van der Waals surface area contributed by atoms with Crippen LogP contribution in [-0.2, 0) is 14.2 Å². The number of hydrogen-bond acceptors (Lipinski definition) is 3. The van der Waals surface area contributed by atoms with Gasteiger partial charge in [0.15, 0.2) is 5.41 Å². The van der Waals surface area contributed by atoms with Gasteiger partial charge in [-0.05, 0) is 0 Å². The van der Waals surface area contributed by atoms with Crippen LogP contribution >= 0.6 is 0 Å². The van der Waals surface area contributed by atoms with Crippen molar-refractivity contribution in [3.63, 3.8) is 0 Å². The third-order valence-corrected chi connectivity index (χ3v) is 2.19. The van der Waals surface area contributed by atoms with Gasteiger partial charge in [-0.1, -0.05) is 0 Å². The van der Waals surface area contributed by atoms with Gasteiger partial charge in [0, 0.05) is 21.3 Å². The van der Waals surface area contributed by atoms with E-state index in [-0.39, 0.29) is 0 Å². The molecule has 0 aromatic carbocycles. The topological polar surface area (TPSA) is 27.7 Å². The summed E-state index contributed by atoms with van der Waals surface area (Å²) in [4.78, 5) is 0. The van der Waals surface area contributed by atoms with Crippen molar-refractivity contribution in [1.82, 2.24) is 0 Å². The predicted molar refractivity (Wildman–Crippen MR) is 38.0 cm³/mol. The van der Waals surface area contributed by atoms with E-state index >= 15 is 0 Å². The summed E-state index contributed by atoms with van der Waals surface area (Å²) in [5, 5.41) is 0. The maximum Gasteiger partial charge on any atom is 0.168 e. The molecule has 0 rings (SSSR count). The lowest BCUT2D eigenvalue weighted by molar-refractivity contribution is -0.143. The van der Waals surface area contributed by atoms with Crippen molar-refractivity contribution in [3.05, 3.63) is 6.61 Å². The predicted octanol–water partition coefficient (Wildman–Crippen LogP) is -0.893. The van der Waals surface area contributed by atoms with E-state index in [4.69, 9.17) is 14.2 Å². The SMILES string of the molecule is CO[CH]C([SiH3])(OC)OC. The van der Waals surface area contributed by atoms with E-state index < -0.39 is 5.41 Å². The third-order valence-electron chi connectivity index (χ3n) is 1.14. The van der Waals surface area contributed by atoms with Gasteiger partial charge in [0.1, 0.15) is 6.61 Å². The van der Waals surface area contributed by atoms with Gasteiger partial charge in [-0.25, -0.2) is 0 Å². The van der Waals surface area contributed by atoms with E-state index in [2.05, 4.69) is 0 Å². The molecule has 0 unspecified atom stereocenters. The molecule has 9 heavy (non-hydrogen) atoms. The second-order valence-corrected chi connectivity index (χ2v) is 3.17. The molecule has 0 aromatic heterocycles. The molecule has 0 saturated heterocycles. The minimum absolute atomic E-state index is 0.575. The van der Waals surface area contributed by atoms with Crippen LogP contribution in [0.2, 0.25) is 0 Å². The van der Waals surface area contributed by atoms with Crippen LogP contribution in [0.4, 0.5) is 0 Å². The first-order valence-electron chi connectivity index (χ1n) is 2.66. The Morgan fingerprint density at radius 2 is 1.67 bits per heavy atom. The molecule has 0 aliphatic heterocycles. The van der Waals surface area contributed by atoms with Crippen LogP contribution < -0.4 is 0 Å². The van der Waals surface area contributed by atoms with Gasteiger partial charge in [0.05, 0.1) is 10.2 Å². The second kappa shape index (κ2) is 4.00. The Balaban J connectivity index is 3.62. The highest BCUT2D eigenvalue weighted by Gasteiger charge is 2.21. The van der Waals surface area contributed by atoms with E-state index in [1.54, 1.807) is 27.9 Å². The minimum atomic E-state index is -0.575. The van der Waals surface area contributed by atoms with Crippen LogP contribution in [0.3, 0.4) is 0 Å². The maximum atomic E-state index is 4.99. The third kappa shape index (κ3) is 2.95. The molecule has 3 nitrogen and oxygen atoms in total. The molecule has 0 atom stereocenters. The molecule has 1 radical (unpaired) electrons. The van der Waals surface area contributed by atoms with Gasteiger partial charge in [0.25, 0.3) is 0 Å². The normalized spacial score (nSPS) is 12.3. The molecular weight excluding hydrogens is 136 g/mol. The zero-order chi connectivity index (χ0) is 7.33. The van der Waals surface area contributed by atoms with Crippen LogP contribution in [0.15, 0.2) is 0 Å². The molecule has 0 aliphatic rings. The Morgan fingerprint density at radius 3 is 1.78 bits per heavy atom. The van der Waals surface area contributed by atoms with Crippen molar-refractivity contribution in [2.24, 2.45) is 0 Å². The molecule has 55 valence electrons. The van der Waals surface area contributed by atoms with Crippen molar-refractivity contribution in [3.8, 4) is 0 Å². The maximum absolute atomic E-state index is 4.99. The molecule has 0 spiro atoms. The van der Waals surface area contributed by atoms with Crippen LogP contribution in [0, 0.1) is 6.61 Å². The highest BCUT2D eigenvalue weighted by molar-refractivity contribution is 6.14. The summed E-state index contributed by atoms with van der Waals surface area (Å²) in [5.74, 6) is 0. The molecule has 0 bridgehead atoms. The molecule has 4 heteroatoms. The molecule has 0 fully saturated rings. The molecular formula is C5H13O3Si. The minimum Gasteiger partial charge on any atom is -0.373 e. The fraction of sp³-hybridized carbons (Fsp3) is 0.800. The van der Waals surface area contributed by atoms with E-state index in [1.165, 1.54) is 0 Å². The largest absolute Gasteiger partial charge is 0.373 e. The van der Waals surface area contributed by atoms with Gasteiger partial charge in [-0.3, -0.25) is 0 Å². The van der Waals surface area contributed by atoms with Gasteiger partial charge in [-0.2, -0.15) is 0 Å². The Bertz CT molecular complexity index is 72.6. The van der Waals surface area contributed by atoms with E-state index in [0.29, 0.717) is 0 Å². The zero-order valence-electron chi connectivity index (χ0n) is 6.30. The first-order valence-corrected chi connectivity index (χ1v) is 3.66. The summed E-state index contributed by atoms with van der Waals surface area (Å²) in [6.07, 6.45) is 0. The fourth-order valence-electron chi connectivity index (χ4n) is 0.394. The van der Waals surface area contributed by atoms with E-state index in [0.717, 1.165) is 10.2 Å². The fourth-order valence-corrected chi connectivity index (χ4v) is 0.629. The summed E-state index contributed by atoms with van der Waals surface area (Å²) in [6.45, 7) is 1.54. The van der Waals surface area contributed by atoms with Gasteiger partial charge in [0.2, 0.25) is 0 Å². The molecule has 0 saturated carbocycles. The number of ether oxygens (including phenoxy) is 3. The monoisotopic (exact) mass is 149 g/mol. The number of methoxy groups -OCH3 is 3.